The third-order valence-corrected chi connectivity index (χ3v) is 3.66. The SMILES string of the molecule is CCCn1c(SC)nc2sccc2c1=O. The molecule has 5 heteroatoms. The highest BCUT2D eigenvalue weighted by atomic mass is 32.2. The molecule has 2 rings (SSSR count). The Morgan fingerprint density at radius 2 is 2.40 bits per heavy atom. The molecule has 0 atom stereocenters. The standard InChI is InChI=1S/C10H12N2OS2/c1-3-5-12-9(13)7-4-6-15-8(7)11-10(12)14-2/h4,6H,3,5H2,1-2H3. The maximum Gasteiger partial charge on any atom is 0.262 e. The monoisotopic (exact) mass is 240 g/mol. The van der Waals surface area contributed by atoms with Gasteiger partial charge in [0.15, 0.2) is 5.16 Å². The summed E-state index contributed by atoms with van der Waals surface area (Å²) < 4.78 is 1.76. The first-order chi connectivity index (χ1) is 7.27. The molecule has 0 amide bonds. The zero-order valence-corrected chi connectivity index (χ0v) is 10.3. The van der Waals surface area contributed by atoms with E-state index in [1.54, 1.807) is 4.57 Å². The van der Waals surface area contributed by atoms with Crippen LogP contribution in [0.3, 0.4) is 0 Å². The van der Waals surface area contributed by atoms with Gasteiger partial charge in [-0.1, -0.05) is 18.7 Å². The molecule has 80 valence electrons. The van der Waals surface area contributed by atoms with Gasteiger partial charge in [-0.25, -0.2) is 4.98 Å². The van der Waals surface area contributed by atoms with E-state index in [-0.39, 0.29) is 5.56 Å². The zero-order chi connectivity index (χ0) is 10.8. The van der Waals surface area contributed by atoms with E-state index in [9.17, 15) is 4.79 Å². The number of thiophene rings is 1. The van der Waals surface area contributed by atoms with Gasteiger partial charge in [-0.05, 0) is 24.1 Å². The van der Waals surface area contributed by atoms with Crippen LogP contribution in [0.15, 0.2) is 21.4 Å². The first-order valence-electron chi connectivity index (χ1n) is 4.80. The van der Waals surface area contributed by atoms with Gasteiger partial charge < -0.3 is 0 Å². The molecular weight excluding hydrogens is 228 g/mol. The third kappa shape index (κ3) is 1.81. The predicted octanol–water partition coefficient (Wildman–Crippen LogP) is 2.59. The average Bonchev–Trinajstić information content (AvgIpc) is 2.70. The number of hydrogen-bond acceptors (Lipinski definition) is 4. The first kappa shape index (κ1) is 10.7. The van der Waals surface area contributed by atoms with Gasteiger partial charge in [-0.15, -0.1) is 11.3 Å². The van der Waals surface area contributed by atoms with Crippen molar-refractivity contribution in [2.24, 2.45) is 0 Å². The van der Waals surface area contributed by atoms with Crippen molar-refractivity contribution in [1.29, 1.82) is 0 Å². The molecule has 0 radical (unpaired) electrons. The molecule has 0 aromatic carbocycles. The van der Waals surface area contributed by atoms with E-state index >= 15 is 0 Å². The van der Waals surface area contributed by atoms with Crippen LogP contribution in [0.2, 0.25) is 0 Å². The van der Waals surface area contributed by atoms with Crippen molar-refractivity contribution in [2.45, 2.75) is 25.0 Å². The van der Waals surface area contributed by atoms with Crippen LogP contribution in [0.4, 0.5) is 0 Å². The minimum Gasteiger partial charge on any atom is -0.287 e. The Hall–Kier alpha value is -0.810. The van der Waals surface area contributed by atoms with E-state index in [1.807, 2.05) is 17.7 Å². The molecule has 0 aliphatic heterocycles. The van der Waals surface area contributed by atoms with E-state index in [0.29, 0.717) is 0 Å². The molecule has 3 nitrogen and oxygen atoms in total. The van der Waals surface area contributed by atoms with Crippen LogP contribution in [0.5, 0.6) is 0 Å². The minimum atomic E-state index is 0.0902. The van der Waals surface area contributed by atoms with Crippen LogP contribution in [0.25, 0.3) is 10.2 Å². The maximum absolute atomic E-state index is 12.1. The van der Waals surface area contributed by atoms with Crippen molar-refractivity contribution in [3.05, 3.63) is 21.8 Å². The van der Waals surface area contributed by atoms with E-state index in [1.165, 1.54) is 23.1 Å². The Bertz CT molecular complexity index is 530. The fourth-order valence-corrected chi connectivity index (χ4v) is 2.90. The number of rotatable bonds is 3. The summed E-state index contributed by atoms with van der Waals surface area (Å²) in [5.74, 6) is 0. The highest BCUT2D eigenvalue weighted by molar-refractivity contribution is 7.98. The number of aromatic nitrogens is 2. The zero-order valence-electron chi connectivity index (χ0n) is 8.69. The normalized spacial score (nSPS) is 11.1. The molecule has 2 aromatic heterocycles. The lowest BCUT2D eigenvalue weighted by atomic mass is 10.4. The van der Waals surface area contributed by atoms with E-state index in [2.05, 4.69) is 11.9 Å². The van der Waals surface area contributed by atoms with Crippen LogP contribution in [0, 0.1) is 0 Å². The minimum absolute atomic E-state index is 0.0902. The van der Waals surface area contributed by atoms with Gasteiger partial charge in [0.25, 0.3) is 5.56 Å². The van der Waals surface area contributed by atoms with Crippen molar-refractivity contribution >= 4 is 33.3 Å². The number of nitrogens with zero attached hydrogens (tertiary/aromatic N) is 2. The van der Waals surface area contributed by atoms with Gasteiger partial charge in [0.05, 0.1) is 5.39 Å². The summed E-state index contributed by atoms with van der Waals surface area (Å²) in [6.45, 7) is 2.81. The second-order valence-electron chi connectivity index (χ2n) is 3.19. The number of fused-ring (bicyclic) bond motifs is 1. The Morgan fingerprint density at radius 1 is 1.60 bits per heavy atom. The van der Waals surface area contributed by atoms with Crippen molar-refractivity contribution in [3.8, 4) is 0 Å². The first-order valence-corrected chi connectivity index (χ1v) is 6.90. The van der Waals surface area contributed by atoms with Crippen molar-refractivity contribution in [3.63, 3.8) is 0 Å². The van der Waals surface area contributed by atoms with Crippen LogP contribution >= 0.6 is 23.1 Å². The smallest absolute Gasteiger partial charge is 0.262 e. The van der Waals surface area contributed by atoms with Gasteiger partial charge in [-0.3, -0.25) is 9.36 Å². The molecule has 0 unspecified atom stereocenters. The van der Waals surface area contributed by atoms with Gasteiger partial charge in [0.2, 0.25) is 0 Å². The maximum atomic E-state index is 12.1. The summed E-state index contributed by atoms with van der Waals surface area (Å²) in [4.78, 5) is 17.4. The van der Waals surface area contributed by atoms with Gasteiger partial charge in [0.1, 0.15) is 4.83 Å². The molecule has 0 saturated heterocycles. The Labute approximate surface area is 96.1 Å². The molecule has 0 bridgehead atoms. The van der Waals surface area contributed by atoms with Gasteiger partial charge >= 0.3 is 0 Å². The summed E-state index contributed by atoms with van der Waals surface area (Å²) >= 11 is 3.05. The fourth-order valence-electron chi connectivity index (χ4n) is 1.51. The van der Waals surface area contributed by atoms with Gasteiger partial charge in [0, 0.05) is 6.54 Å². The predicted molar refractivity (Wildman–Crippen MR) is 66.0 cm³/mol. The second-order valence-corrected chi connectivity index (χ2v) is 4.86. The molecule has 0 spiro atoms. The van der Waals surface area contributed by atoms with Crippen LogP contribution in [0.1, 0.15) is 13.3 Å². The molecule has 2 aromatic rings. The summed E-state index contributed by atoms with van der Waals surface area (Å²) in [5, 5.41) is 3.47. The Kier molecular flexibility index (Phi) is 3.11. The van der Waals surface area contributed by atoms with E-state index < -0.39 is 0 Å². The van der Waals surface area contributed by atoms with Crippen LogP contribution in [-0.4, -0.2) is 15.8 Å². The quantitative estimate of drug-likeness (QED) is 0.611. The number of hydrogen-bond donors (Lipinski definition) is 0. The number of thioether (sulfide) groups is 1. The molecular formula is C10H12N2OS2. The van der Waals surface area contributed by atoms with Gasteiger partial charge in [-0.2, -0.15) is 0 Å². The van der Waals surface area contributed by atoms with Crippen LogP contribution in [-0.2, 0) is 6.54 Å². The lowest BCUT2D eigenvalue weighted by Gasteiger charge is -2.08. The van der Waals surface area contributed by atoms with Crippen molar-refractivity contribution in [2.75, 3.05) is 6.26 Å². The molecule has 15 heavy (non-hydrogen) atoms. The molecule has 2 heterocycles. The third-order valence-electron chi connectivity index (χ3n) is 2.18. The summed E-state index contributed by atoms with van der Waals surface area (Å²) in [6, 6.07) is 1.85. The Morgan fingerprint density at radius 3 is 3.07 bits per heavy atom. The summed E-state index contributed by atoms with van der Waals surface area (Å²) in [5.41, 5.74) is 0.0902. The largest absolute Gasteiger partial charge is 0.287 e. The lowest BCUT2D eigenvalue weighted by molar-refractivity contribution is 0.586. The Balaban J connectivity index is 2.74. The molecule has 0 aliphatic carbocycles. The lowest BCUT2D eigenvalue weighted by Crippen LogP contribution is -2.22. The fraction of sp³-hybridized carbons (Fsp3) is 0.400. The van der Waals surface area contributed by atoms with Crippen LogP contribution < -0.4 is 5.56 Å². The second kappa shape index (κ2) is 4.37. The topological polar surface area (TPSA) is 34.9 Å². The molecule has 0 fully saturated rings. The molecule has 0 saturated carbocycles. The summed E-state index contributed by atoms with van der Waals surface area (Å²) in [7, 11) is 0. The van der Waals surface area contributed by atoms with E-state index in [4.69, 9.17) is 0 Å². The highest BCUT2D eigenvalue weighted by Gasteiger charge is 2.09. The van der Waals surface area contributed by atoms with Crippen molar-refractivity contribution in [1.82, 2.24) is 9.55 Å². The molecule has 0 aliphatic rings. The van der Waals surface area contributed by atoms with E-state index in [0.717, 1.165) is 28.3 Å². The molecule has 0 N–H and O–H groups in total. The average molecular weight is 240 g/mol. The summed E-state index contributed by atoms with van der Waals surface area (Å²) in [6.07, 6.45) is 2.90. The highest BCUT2D eigenvalue weighted by Crippen LogP contribution is 2.19. The van der Waals surface area contributed by atoms with Crippen molar-refractivity contribution < 1.29 is 0 Å².